The van der Waals surface area contributed by atoms with Crippen molar-refractivity contribution in [2.24, 2.45) is 0 Å². The third-order valence-electron chi connectivity index (χ3n) is 2.98. The van der Waals surface area contributed by atoms with E-state index in [9.17, 15) is 14.0 Å². The van der Waals surface area contributed by atoms with Crippen LogP contribution in [0, 0.1) is 17.1 Å². The smallest absolute Gasteiger partial charge is 0.262 e. The monoisotopic (exact) mass is 312 g/mol. The third kappa shape index (κ3) is 4.38. The summed E-state index contributed by atoms with van der Waals surface area (Å²) < 4.78 is 18.4. The van der Waals surface area contributed by atoms with Gasteiger partial charge in [0, 0.05) is 5.69 Å². The van der Waals surface area contributed by atoms with E-state index in [0.717, 1.165) is 12.1 Å². The lowest BCUT2D eigenvalue weighted by Crippen LogP contribution is -2.20. The molecule has 0 unspecified atom stereocenters. The van der Waals surface area contributed by atoms with E-state index < -0.39 is 11.7 Å². The van der Waals surface area contributed by atoms with E-state index in [0.29, 0.717) is 11.3 Å². The van der Waals surface area contributed by atoms with Crippen molar-refractivity contribution in [1.29, 1.82) is 5.26 Å². The minimum atomic E-state index is -0.551. The van der Waals surface area contributed by atoms with Crippen LogP contribution in [0.3, 0.4) is 0 Å². The number of carbonyl (C=O) groups is 2. The number of hydrogen-bond donors (Lipinski definition) is 1. The zero-order valence-electron chi connectivity index (χ0n) is 12.3. The van der Waals surface area contributed by atoms with Crippen LogP contribution in [0.1, 0.15) is 22.8 Å². The Morgan fingerprint density at radius 1 is 1.22 bits per heavy atom. The summed E-state index contributed by atoms with van der Waals surface area (Å²) in [4.78, 5) is 23.3. The summed E-state index contributed by atoms with van der Waals surface area (Å²) in [6.45, 7) is 0.963. The van der Waals surface area contributed by atoms with E-state index >= 15 is 0 Å². The van der Waals surface area contributed by atoms with Crippen LogP contribution in [0.4, 0.5) is 10.1 Å². The Balaban J connectivity index is 1.99. The van der Waals surface area contributed by atoms with Gasteiger partial charge in [-0.25, -0.2) is 4.39 Å². The summed E-state index contributed by atoms with van der Waals surface area (Å²) in [7, 11) is 0. The van der Waals surface area contributed by atoms with Gasteiger partial charge < -0.3 is 10.1 Å². The number of nitrogens with zero attached hydrogens (tertiary/aromatic N) is 1. The third-order valence-corrected chi connectivity index (χ3v) is 2.98. The Morgan fingerprint density at radius 2 is 1.91 bits per heavy atom. The number of ether oxygens (including phenoxy) is 1. The Kier molecular flexibility index (Phi) is 5.05. The fourth-order valence-electron chi connectivity index (χ4n) is 1.87. The minimum Gasteiger partial charge on any atom is -0.483 e. The molecule has 2 aromatic carbocycles. The molecule has 0 saturated carbocycles. The summed E-state index contributed by atoms with van der Waals surface area (Å²) in [6.07, 6.45) is 0. The van der Waals surface area contributed by atoms with Crippen molar-refractivity contribution in [3.05, 3.63) is 59.4 Å². The summed E-state index contributed by atoms with van der Waals surface area (Å²) in [5.74, 6) is -1.20. The van der Waals surface area contributed by atoms with Crippen molar-refractivity contribution in [3.8, 4) is 11.8 Å². The van der Waals surface area contributed by atoms with Crippen LogP contribution in [-0.4, -0.2) is 18.3 Å². The number of ketones is 1. The van der Waals surface area contributed by atoms with Gasteiger partial charge in [0.1, 0.15) is 11.6 Å². The maximum Gasteiger partial charge on any atom is 0.262 e. The van der Waals surface area contributed by atoms with E-state index in [2.05, 4.69) is 5.32 Å². The lowest BCUT2D eigenvalue weighted by atomic mass is 10.1. The Hall–Kier alpha value is -3.20. The summed E-state index contributed by atoms with van der Waals surface area (Å²) in [6, 6.07) is 11.8. The van der Waals surface area contributed by atoms with Gasteiger partial charge in [0.15, 0.2) is 12.4 Å². The first-order valence-corrected chi connectivity index (χ1v) is 6.73. The molecule has 5 nitrogen and oxygen atoms in total. The highest BCUT2D eigenvalue weighted by atomic mass is 19.1. The van der Waals surface area contributed by atoms with Crippen molar-refractivity contribution in [3.63, 3.8) is 0 Å². The van der Waals surface area contributed by atoms with E-state index in [1.165, 1.54) is 13.0 Å². The van der Waals surface area contributed by atoms with E-state index in [1.807, 2.05) is 6.07 Å². The fraction of sp³-hybridized carbons (Fsp3) is 0.118. The average Bonchev–Trinajstić information content (AvgIpc) is 2.54. The van der Waals surface area contributed by atoms with Gasteiger partial charge in [0.2, 0.25) is 0 Å². The maximum absolute atomic E-state index is 13.1. The Labute approximate surface area is 132 Å². The fourth-order valence-corrected chi connectivity index (χ4v) is 1.87. The molecule has 0 saturated heterocycles. The van der Waals surface area contributed by atoms with Crippen LogP contribution in [0.15, 0.2) is 42.5 Å². The van der Waals surface area contributed by atoms with Gasteiger partial charge in [0.05, 0.1) is 17.2 Å². The number of rotatable bonds is 5. The highest BCUT2D eigenvalue weighted by Gasteiger charge is 2.12. The number of benzene rings is 2. The van der Waals surface area contributed by atoms with E-state index in [1.54, 1.807) is 24.3 Å². The maximum atomic E-state index is 13.1. The molecule has 23 heavy (non-hydrogen) atoms. The number of anilines is 1. The molecule has 2 aromatic rings. The highest BCUT2D eigenvalue weighted by Crippen LogP contribution is 2.20. The summed E-state index contributed by atoms with van der Waals surface area (Å²) in [5, 5.41) is 11.3. The van der Waals surface area contributed by atoms with Crippen LogP contribution in [0.25, 0.3) is 0 Å². The van der Waals surface area contributed by atoms with Gasteiger partial charge in [-0.1, -0.05) is 0 Å². The van der Waals surface area contributed by atoms with Crippen molar-refractivity contribution in [2.45, 2.75) is 6.92 Å². The molecule has 0 spiro atoms. The summed E-state index contributed by atoms with van der Waals surface area (Å²) >= 11 is 0. The van der Waals surface area contributed by atoms with Crippen molar-refractivity contribution in [2.75, 3.05) is 11.9 Å². The molecule has 116 valence electrons. The highest BCUT2D eigenvalue weighted by molar-refractivity contribution is 5.97. The molecular weight excluding hydrogens is 299 g/mol. The first-order chi connectivity index (χ1) is 11.0. The topological polar surface area (TPSA) is 79.2 Å². The molecule has 0 aliphatic carbocycles. The second-order valence-electron chi connectivity index (χ2n) is 4.72. The predicted octanol–water partition coefficient (Wildman–Crippen LogP) is 2.92. The Bertz CT molecular complexity index is 779. The molecule has 0 aliphatic rings. The second kappa shape index (κ2) is 7.18. The van der Waals surface area contributed by atoms with Crippen LogP contribution in [0.2, 0.25) is 0 Å². The normalized spacial score (nSPS) is 9.78. The number of nitriles is 1. The van der Waals surface area contributed by atoms with Crippen LogP contribution < -0.4 is 10.1 Å². The first kappa shape index (κ1) is 16.2. The number of hydrogen-bond acceptors (Lipinski definition) is 4. The van der Waals surface area contributed by atoms with E-state index in [-0.39, 0.29) is 23.7 Å². The van der Waals surface area contributed by atoms with Crippen LogP contribution >= 0.6 is 0 Å². The van der Waals surface area contributed by atoms with Gasteiger partial charge >= 0.3 is 0 Å². The SMILES string of the molecule is CC(=O)c1cc(F)ccc1OCC(=O)Nc1ccc(C#N)cc1. The lowest BCUT2D eigenvalue weighted by molar-refractivity contribution is -0.118. The first-order valence-electron chi connectivity index (χ1n) is 6.73. The average molecular weight is 312 g/mol. The minimum absolute atomic E-state index is 0.0798. The molecule has 1 amide bonds. The number of amides is 1. The zero-order chi connectivity index (χ0) is 16.8. The molecule has 0 bridgehead atoms. The standard InChI is InChI=1S/C17H13FN2O3/c1-11(21)15-8-13(18)4-7-16(15)23-10-17(22)20-14-5-2-12(9-19)3-6-14/h2-8H,10H2,1H3,(H,20,22). The van der Waals surface area contributed by atoms with Crippen molar-refractivity contribution >= 4 is 17.4 Å². The molecule has 0 aromatic heterocycles. The summed E-state index contributed by atoms with van der Waals surface area (Å²) in [5.41, 5.74) is 1.08. The molecule has 0 aliphatic heterocycles. The Morgan fingerprint density at radius 3 is 2.52 bits per heavy atom. The zero-order valence-corrected chi connectivity index (χ0v) is 12.3. The molecule has 0 heterocycles. The molecule has 0 atom stereocenters. The van der Waals surface area contributed by atoms with Gasteiger partial charge in [-0.15, -0.1) is 0 Å². The number of nitrogens with one attached hydrogen (secondary N) is 1. The van der Waals surface area contributed by atoms with Gasteiger partial charge in [-0.2, -0.15) is 5.26 Å². The van der Waals surface area contributed by atoms with Crippen molar-refractivity contribution in [1.82, 2.24) is 0 Å². The van der Waals surface area contributed by atoms with Crippen molar-refractivity contribution < 1.29 is 18.7 Å². The quantitative estimate of drug-likeness (QED) is 0.861. The molecule has 2 rings (SSSR count). The van der Waals surface area contributed by atoms with Crippen LogP contribution in [0.5, 0.6) is 5.75 Å². The van der Waals surface area contributed by atoms with Gasteiger partial charge in [-0.3, -0.25) is 9.59 Å². The van der Waals surface area contributed by atoms with E-state index in [4.69, 9.17) is 10.00 Å². The second-order valence-corrected chi connectivity index (χ2v) is 4.72. The molecule has 0 radical (unpaired) electrons. The molecule has 0 fully saturated rings. The predicted molar refractivity (Wildman–Crippen MR) is 81.7 cm³/mol. The van der Waals surface area contributed by atoms with Crippen LogP contribution in [-0.2, 0) is 4.79 Å². The molecule has 1 N–H and O–H groups in total. The van der Waals surface area contributed by atoms with Gasteiger partial charge in [-0.05, 0) is 49.4 Å². The number of Topliss-reactive ketones (excluding diaryl/α,β-unsaturated/α-hetero) is 1. The number of carbonyl (C=O) groups excluding carboxylic acids is 2. The largest absolute Gasteiger partial charge is 0.483 e. The molecular formula is C17H13FN2O3. The molecule has 6 heteroatoms. The lowest BCUT2D eigenvalue weighted by Gasteiger charge is -2.10. The van der Waals surface area contributed by atoms with Gasteiger partial charge in [0.25, 0.3) is 5.91 Å². The number of halogens is 1.